The van der Waals surface area contributed by atoms with Crippen molar-refractivity contribution in [2.24, 2.45) is 5.92 Å². The van der Waals surface area contributed by atoms with E-state index >= 15 is 0 Å². The molecule has 1 amide bonds. The molecule has 1 heterocycles. The first-order valence-corrected chi connectivity index (χ1v) is 4.64. The van der Waals surface area contributed by atoms with Crippen LogP contribution in [0.2, 0.25) is 0 Å². The van der Waals surface area contributed by atoms with Crippen LogP contribution in [-0.2, 0) is 9.59 Å². The highest BCUT2D eigenvalue weighted by Gasteiger charge is 2.39. The molecular weight excluding hydrogens is 186 g/mol. The van der Waals surface area contributed by atoms with Crippen LogP contribution in [0.1, 0.15) is 20.3 Å². The number of aliphatic carboxylic acids is 1. The Balaban J connectivity index is 2.76. The molecule has 5 heteroatoms. The summed E-state index contributed by atoms with van der Waals surface area (Å²) in [6.45, 7) is 3.56. The second kappa shape index (κ2) is 3.96. The number of carboxylic acids is 1. The van der Waals surface area contributed by atoms with E-state index in [0.29, 0.717) is 0 Å². The third-order valence-electron chi connectivity index (χ3n) is 2.34. The van der Waals surface area contributed by atoms with E-state index in [1.54, 1.807) is 13.8 Å². The summed E-state index contributed by atoms with van der Waals surface area (Å²) in [4.78, 5) is 23.6. The number of aliphatic hydroxyl groups excluding tert-OH is 1. The van der Waals surface area contributed by atoms with Crippen LogP contribution in [-0.4, -0.2) is 45.7 Å². The summed E-state index contributed by atoms with van der Waals surface area (Å²) in [5.74, 6) is -1.49. The third kappa shape index (κ3) is 2.04. The Morgan fingerprint density at radius 1 is 1.43 bits per heavy atom. The van der Waals surface area contributed by atoms with Gasteiger partial charge in [0, 0.05) is 18.9 Å². The lowest BCUT2D eigenvalue weighted by atomic mass is 10.1. The van der Waals surface area contributed by atoms with E-state index in [4.69, 9.17) is 5.11 Å². The van der Waals surface area contributed by atoms with Crippen molar-refractivity contribution in [3.05, 3.63) is 0 Å². The number of carboxylic acid groups (broad SMARTS) is 1. The van der Waals surface area contributed by atoms with Gasteiger partial charge in [0.05, 0.1) is 6.10 Å². The molecule has 1 rings (SSSR count). The zero-order valence-corrected chi connectivity index (χ0v) is 8.30. The van der Waals surface area contributed by atoms with Gasteiger partial charge in [-0.2, -0.15) is 0 Å². The molecule has 0 saturated carbocycles. The molecule has 0 aromatic carbocycles. The molecule has 1 saturated heterocycles. The Kier molecular flexibility index (Phi) is 3.10. The van der Waals surface area contributed by atoms with E-state index < -0.39 is 18.1 Å². The Morgan fingerprint density at radius 3 is 2.43 bits per heavy atom. The minimum Gasteiger partial charge on any atom is -0.480 e. The third-order valence-corrected chi connectivity index (χ3v) is 2.34. The fraction of sp³-hybridized carbons (Fsp3) is 0.778. The van der Waals surface area contributed by atoms with Gasteiger partial charge in [0.15, 0.2) is 0 Å². The van der Waals surface area contributed by atoms with Crippen LogP contribution in [0, 0.1) is 5.92 Å². The molecule has 2 N–H and O–H groups in total. The number of hydrogen-bond donors (Lipinski definition) is 2. The van der Waals surface area contributed by atoms with E-state index in [0.717, 1.165) is 0 Å². The number of amides is 1. The highest BCUT2D eigenvalue weighted by Crippen LogP contribution is 2.20. The maximum atomic E-state index is 11.6. The first-order valence-electron chi connectivity index (χ1n) is 4.64. The largest absolute Gasteiger partial charge is 0.480 e. The van der Waals surface area contributed by atoms with Crippen LogP contribution < -0.4 is 0 Å². The normalized spacial score (nSPS) is 27.0. The van der Waals surface area contributed by atoms with Crippen LogP contribution in [0.15, 0.2) is 0 Å². The van der Waals surface area contributed by atoms with Crippen molar-refractivity contribution in [2.45, 2.75) is 32.4 Å². The molecule has 2 atom stereocenters. The number of β-amino-alcohol motifs (C(OH)–C–C–N with tert-alkyl or cyclic N) is 1. The Morgan fingerprint density at radius 2 is 2.00 bits per heavy atom. The Labute approximate surface area is 82.3 Å². The number of rotatable bonds is 2. The molecule has 0 unspecified atom stereocenters. The molecule has 5 nitrogen and oxygen atoms in total. The van der Waals surface area contributed by atoms with Crippen molar-refractivity contribution in [3.63, 3.8) is 0 Å². The molecule has 0 aliphatic carbocycles. The highest BCUT2D eigenvalue weighted by molar-refractivity contribution is 5.85. The molecule has 1 aliphatic rings. The van der Waals surface area contributed by atoms with E-state index in [1.165, 1.54) is 4.90 Å². The number of carbonyl (C=O) groups excluding carboxylic acids is 1. The Bertz CT molecular complexity index is 251. The molecule has 1 aliphatic heterocycles. The number of aliphatic hydroxyl groups is 1. The Hall–Kier alpha value is -1.10. The minimum atomic E-state index is -1.05. The molecule has 80 valence electrons. The predicted octanol–water partition coefficient (Wildman–Crippen LogP) is -0.311. The van der Waals surface area contributed by atoms with Gasteiger partial charge in [-0.15, -0.1) is 0 Å². The smallest absolute Gasteiger partial charge is 0.326 e. The van der Waals surface area contributed by atoms with Crippen LogP contribution in [0.4, 0.5) is 0 Å². The predicted molar refractivity (Wildman–Crippen MR) is 48.6 cm³/mol. The number of hydrogen-bond acceptors (Lipinski definition) is 3. The summed E-state index contributed by atoms with van der Waals surface area (Å²) in [7, 11) is 0. The molecule has 0 spiro atoms. The molecule has 0 aromatic rings. The molecular formula is C9H15NO4. The van der Waals surface area contributed by atoms with Gasteiger partial charge in [-0.1, -0.05) is 13.8 Å². The maximum Gasteiger partial charge on any atom is 0.326 e. The van der Waals surface area contributed by atoms with Crippen molar-refractivity contribution >= 4 is 11.9 Å². The van der Waals surface area contributed by atoms with Gasteiger partial charge in [-0.3, -0.25) is 4.79 Å². The quantitative estimate of drug-likeness (QED) is 0.642. The van der Waals surface area contributed by atoms with Crippen molar-refractivity contribution in [3.8, 4) is 0 Å². The molecule has 1 fully saturated rings. The van der Waals surface area contributed by atoms with Gasteiger partial charge in [-0.25, -0.2) is 4.79 Å². The zero-order chi connectivity index (χ0) is 10.9. The van der Waals surface area contributed by atoms with Gasteiger partial charge in [-0.05, 0) is 0 Å². The van der Waals surface area contributed by atoms with Gasteiger partial charge in [0.25, 0.3) is 0 Å². The molecule has 0 bridgehead atoms. The van der Waals surface area contributed by atoms with E-state index in [1.807, 2.05) is 0 Å². The fourth-order valence-corrected chi connectivity index (χ4v) is 1.62. The first kappa shape index (κ1) is 11.0. The van der Waals surface area contributed by atoms with Crippen molar-refractivity contribution in [2.75, 3.05) is 6.54 Å². The van der Waals surface area contributed by atoms with Crippen LogP contribution in [0.5, 0.6) is 0 Å². The van der Waals surface area contributed by atoms with E-state index in [2.05, 4.69) is 0 Å². The average Bonchev–Trinajstić information content (AvgIpc) is 2.45. The van der Waals surface area contributed by atoms with Crippen molar-refractivity contribution in [1.82, 2.24) is 4.90 Å². The van der Waals surface area contributed by atoms with Crippen molar-refractivity contribution < 1.29 is 19.8 Å². The number of nitrogens with zero attached hydrogens (tertiary/aromatic N) is 1. The lowest BCUT2D eigenvalue weighted by molar-refractivity contribution is -0.149. The fourth-order valence-electron chi connectivity index (χ4n) is 1.62. The zero-order valence-electron chi connectivity index (χ0n) is 8.30. The molecule has 0 radical (unpaired) electrons. The summed E-state index contributed by atoms with van der Waals surface area (Å²) in [6, 6.07) is -0.861. The SMILES string of the molecule is CC(C)C(=O)N1C[C@@H](O)C[C@H]1C(=O)O. The monoisotopic (exact) mass is 201 g/mol. The second-order valence-electron chi connectivity index (χ2n) is 3.89. The number of carbonyl (C=O) groups is 2. The van der Waals surface area contributed by atoms with Crippen LogP contribution in [0.25, 0.3) is 0 Å². The van der Waals surface area contributed by atoms with Gasteiger partial charge in [0.1, 0.15) is 6.04 Å². The minimum absolute atomic E-state index is 0.133. The highest BCUT2D eigenvalue weighted by atomic mass is 16.4. The summed E-state index contributed by atoms with van der Waals surface area (Å²) in [5.41, 5.74) is 0. The van der Waals surface area contributed by atoms with E-state index in [-0.39, 0.29) is 24.8 Å². The van der Waals surface area contributed by atoms with Crippen LogP contribution in [0.3, 0.4) is 0 Å². The summed E-state index contributed by atoms with van der Waals surface area (Å²) in [6.07, 6.45) is -0.577. The van der Waals surface area contributed by atoms with Gasteiger partial charge in [0.2, 0.25) is 5.91 Å². The average molecular weight is 201 g/mol. The molecule has 0 aromatic heterocycles. The lowest BCUT2D eigenvalue weighted by Crippen LogP contribution is -2.42. The summed E-state index contributed by atoms with van der Waals surface area (Å²) >= 11 is 0. The summed E-state index contributed by atoms with van der Waals surface area (Å²) < 4.78 is 0. The summed E-state index contributed by atoms with van der Waals surface area (Å²) in [5, 5.41) is 18.1. The maximum absolute atomic E-state index is 11.6. The van der Waals surface area contributed by atoms with E-state index in [9.17, 15) is 14.7 Å². The lowest BCUT2D eigenvalue weighted by Gasteiger charge is -2.22. The van der Waals surface area contributed by atoms with Crippen molar-refractivity contribution in [1.29, 1.82) is 0 Å². The second-order valence-corrected chi connectivity index (χ2v) is 3.89. The van der Waals surface area contributed by atoms with Gasteiger partial charge >= 0.3 is 5.97 Å². The van der Waals surface area contributed by atoms with Gasteiger partial charge < -0.3 is 15.1 Å². The molecule has 14 heavy (non-hydrogen) atoms. The first-order chi connectivity index (χ1) is 6.43. The van der Waals surface area contributed by atoms with Crippen LogP contribution >= 0.6 is 0 Å². The standard InChI is InChI=1S/C9H15NO4/c1-5(2)8(12)10-4-6(11)3-7(10)9(13)14/h5-7,11H,3-4H2,1-2H3,(H,13,14)/t6-,7-/m0/s1. The topological polar surface area (TPSA) is 77.8 Å². The number of likely N-dealkylation sites (tertiary alicyclic amines) is 1.